The molecule has 0 atom stereocenters. The second-order valence-corrected chi connectivity index (χ2v) is 1.92. The van der Waals surface area contributed by atoms with Crippen molar-refractivity contribution in [1.82, 2.24) is 0 Å². The molecule has 10 heavy (non-hydrogen) atoms. The molecule has 0 aliphatic rings. The van der Waals surface area contributed by atoms with Crippen molar-refractivity contribution in [2.75, 3.05) is 13.1 Å². The standard InChI is InChI=1S/C2H8N2.Fe.H2O4S/c3-1-2-4;;1-5(2,3)4/h1-4H2;;(H2,1,2,3,4). The Labute approximate surface area is 70.0 Å². The predicted octanol–water partition coefficient (Wildman–Crippen LogP) is -1.75. The van der Waals surface area contributed by atoms with Gasteiger partial charge in [0.2, 0.25) is 0 Å². The zero-order valence-corrected chi connectivity index (χ0v) is 6.96. The van der Waals surface area contributed by atoms with Crippen molar-refractivity contribution >= 4 is 10.4 Å². The average Bonchev–Trinajstić information content (AvgIpc) is 1.61. The molecule has 0 unspecified atom stereocenters. The second-order valence-electron chi connectivity index (χ2n) is 1.03. The summed E-state index contributed by atoms with van der Waals surface area (Å²) in [5, 5.41) is 0. The summed E-state index contributed by atoms with van der Waals surface area (Å²) in [6.45, 7) is 1.19. The molecule has 0 fully saturated rings. The summed E-state index contributed by atoms with van der Waals surface area (Å²) in [6, 6.07) is 0. The monoisotopic (exact) mass is 214 g/mol. The third kappa shape index (κ3) is 259. The molecule has 0 spiro atoms. The summed E-state index contributed by atoms with van der Waals surface area (Å²) in [5.41, 5.74) is 9.81. The molecular weight excluding hydrogens is 204 g/mol. The molecule has 0 amide bonds. The van der Waals surface area contributed by atoms with Gasteiger partial charge in [0.1, 0.15) is 0 Å². The van der Waals surface area contributed by atoms with Crippen LogP contribution in [-0.4, -0.2) is 30.6 Å². The molecule has 0 aromatic carbocycles. The summed E-state index contributed by atoms with van der Waals surface area (Å²) in [6.07, 6.45) is 0. The van der Waals surface area contributed by atoms with Crippen LogP contribution in [0.3, 0.4) is 0 Å². The molecule has 0 aromatic heterocycles. The molecule has 0 radical (unpaired) electrons. The van der Waals surface area contributed by atoms with Gasteiger partial charge in [-0.3, -0.25) is 9.11 Å². The van der Waals surface area contributed by atoms with E-state index in [1.807, 2.05) is 0 Å². The van der Waals surface area contributed by atoms with Gasteiger partial charge < -0.3 is 11.5 Å². The van der Waals surface area contributed by atoms with Crippen molar-refractivity contribution in [3.05, 3.63) is 0 Å². The molecule has 8 heteroatoms. The van der Waals surface area contributed by atoms with Gasteiger partial charge in [-0.1, -0.05) is 0 Å². The quantitative estimate of drug-likeness (QED) is 0.302. The van der Waals surface area contributed by atoms with E-state index in [0.29, 0.717) is 13.1 Å². The minimum atomic E-state index is -4.67. The van der Waals surface area contributed by atoms with Gasteiger partial charge in [-0.2, -0.15) is 8.42 Å². The molecule has 0 aliphatic carbocycles. The Morgan fingerprint density at radius 2 is 1.20 bits per heavy atom. The first-order valence-electron chi connectivity index (χ1n) is 2.01. The van der Waals surface area contributed by atoms with Crippen molar-refractivity contribution < 1.29 is 34.6 Å². The molecule has 6 nitrogen and oxygen atoms in total. The van der Waals surface area contributed by atoms with Crippen molar-refractivity contribution in [2.45, 2.75) is 0 Å². The minimum absolute atomic E-state index is 0. The van der Waals surface area contributed by atoms with Crippen LogP contribution in [0.1, 0.15) is 0 Å². The van der Waals surface area contributed by atoms with Gasteiger partial charge in [-0.05, 0) is 0 Å². The van der Waals surface area contributed by atoms with E-state index >= 15 is 0 Å². The topological polar surface area (TPSA) is 127 Å². The molecule has 0 rings (SSSR count). The second kappa shape index (κ2) is 9.31. The fourth-order valence-electron chi connectivity index (χ4n) is 0. The zero-order chi connectivity index (χ0) is 7.91. The van der Waals surface area contributed by atoms with E-state index in [1.54, 1.807) is 0 Å². The SMILES string of the molecule is NCCN.O=S(=O)(O)O.[Fe]. The Morgan fingerprint density at radius 3 is 1.20 bits per heavy atom. The first kappa shape index (κ1) is 16.7. The van der Waals surface area contributed by atoms with E-state index < -0.39 is 10.4 Å². The summed E-state index contributed by atoms with van der Waals surface area (Å²) in [4.78, 5) is 0. The van der Waals surface area contributed by atoms with Crippen LogP contribution in [0.5, 0.6) is 0 Å². The maximum absolute atomic E-state index is 8.74. The first-order valence-corrected chi connectivity index (χ1v) is 3.41. The van der Waals surface area contributed by atoms with Crippen molar-refractivity contribution in [3.63, 3.8) is 0 Å². The molecule has 0 saturated heterocycles. The number of hydrogen-bond donors (Lipinski definition) is 4. The molecule has 6 N–H and O–H groups in total. The van der Waals surface area contributed by atoms with Crippen molar-refractivity contribution in [2.24, 2.45) is 11.5 Å². The number of hydrogen-bond acceptors (Lipinski definition) is 4. The van der Waals surface area contributed by atoms with E-state index in [0.717, 1.165) is 0 Å². The van der Waals surface area contributed by atoms with Gasteiger partial charge in [0, 0.05) is 30.2 Å². The largest absolute Gasteiger partial charge is 0.394 e. The third-order valence-corrected chi connectivity index (χ3v) is 0.167. The van der Waals surface area contributed by atoms with E-state index in [4.69, 9.17) is 29.0 Å². The van der Waals surface area contributed by atoms with E-state index in [-0.39, 0.29) is 17.1 Å². The first-order chi connectivity index (χ1) is 3.91. The zero-order valence-electron chi connectivity index (χ0n) is 5.04. The Kier molecular flexibility index (Phi) is 15.6. The summed E-state index contributed by atoms with van der Waals surface area (Å²) < 4.78 is 31.6. The number of nitrogens with two attached hydrogens (primary N) is 2. The Balaban J connectivity index is -0.0000000910. The van der Waals surface area contributed by atoms with Crippen LogP contribution in [0, 0.1) is 0 Å². The van der Waals surface area contributed by atoms with Crippen LogP contribution in [0.25, 0.3) is 0 Å². The predicted molar refractivity (Wildman–Crippen MR) is 32.3 cm³/mol. The van der Waals surface area contributed by atoms with Gasteiger partial charge in [0.05, 0.1) is 0 Å². The normalized spacial score (nSPS) is 8.80. The van der Waals surface area contributed by atoms with Gasteiger partial charge in [-0.25, -0.2) is 0 Å². The smallest absolute Gasteiger partial charge is 0.329 e. The minimum Gasteiger partial charge on any atom is -0.329 e. The molecule has 0 saturated carbocycles. The van der Waals surface area contributed by atoms with E-state index in [1.165, 1.54) is 0 Å². The fraction of sp³-hybridized carbons (Fsp3) is 1.00. The summed E-state index contributed by atoms with van der Waals surface area (Å²) in [7, 11) is -4.67. The van der Waals surface area contributed by atoms with Crippen LogP contribution in [0.4, 0.5) is 0 Å². The Morgan fingerprint density at radius 1 is 1.10 bits per heavy atom. The van der Waals surface area contributed by atoms with Crippen LogP contribution in [0.2, 0.25) is 0 Å². The molecule has 0 bridgehead atoms. The Hall–Kier alpha value is 0.309. The van der Waals surface area contributed by atoms with Gasteiger partial charge >= 0.3 is 10.4 Å². The summed E-state index contributed by atoms with van der Waals surface area (Å²) in [5.74, 6) is 0. The molecule has 0 heterocycles. The molecule has 0 aliphatic heterocycles. The maximum Gasteiger partial charge on any atom is 0.394 e. The fourth-order valence-corrected chi connectivity index (χ4v) is 0. The molecular formula is C2H10FeN2O4S. The van der Waals surface area contributed by atoms with Crippen LogP contribution in [0.15, 0.2) is 0 Å². The van der Waals surface area contributed by atoms with Crippen LogP contribution in [-0.2, 0) is 27.5 Å². The van der Waals surface area contributed by atoms with E-state index in [9.17, 15) is 0 Å². The van der Waals surface area contributed by atoms with E-state index in [2.05, 4.69) is 0 Å². The number of rotatable bonds is 1. The van der Waals surface area contributed by atoms with Crippen LogP contribution < -0.4 is 11.5 Å². The maximum atomic E-state index is 8.74. The molecule has 66 valence electrons. The van der Waals surface area contributed by atoms with Gasteiger partial charge in [0.25, 0.3) is 0 Å². The van der Waals surface area contributed by atoms with Crippen molar-refractivity contribution in [3.8, 4) is 0 Å². The van der Waals surface area contributed by atoms with Gasteiger partial charge in [-0.15, -0.1) is 0 Å². The van der Waals surface area contributed by atoms with Crippen molar-refractivity contribution in [1.29, 1.82) is 0 Å². The summed E-state index contributed by atoms with van der Waals surface area (Å²) >= 11 is 0. The molecule has 0 aromatic rings. The van der Waals surface area contributed by atoms with Crippen LogP contribution >= 0.6 is 0 Å². The third-order valence-electron chi connectivity index (χ3n) is 0.167. The van der Waals surface area contributed by atoms with Gasteiger partial charge in [0.15, 0.2) is 0 Å². The Bertz CT molecular complexity index is 124. The average molecular weight is 214 g/mol.